The minimum atomic E-state index is -0.444. The third kappa shape index (κ3) is 4.86. The molecule has 0 aliphatic heterocycles. The van der Waals surface area contributed by atoms with E-state index in [-0.39, 0.29) is 24.9 Å². The molecule has 0 saturated heterocycles. The Morgan fingerprint density at radius 3 is 2.56 bits per heavy atom. The van der Waals surface area contributed by atoms with Crippen LogP contribution in [0.15, 0.2) is 53.9 Å². The highest BCUT2D eigenvalue weighted by molar-refractivity contribution is 7.17. The van der Waals surface area contributed by atoms with Gasteiger partial charge in [-0.05, 0) is 34.5 Å². The second kappa shape index (κ2) is 8.68. The van der Waals surface area contributed by atoms with Crippen molar-refractivity contribution in [2.45, 2.75) is 26.0 Å². The van der Waals surface area contributed by atoms with Crippen molar-refractivity contribution in [2.24, 2.45) is 0 Å². The molecule has 6 heteroatoms. The maximum absolute atomic E-state index is 12.4. The first kappa shape index (κ1) is 18.9. The van der Waals surface area contributed by atoms with Crippen LogP contribution >= 0.6 is 11.3 Å². The van der Waals surface area contributed by atoms with Gasteiger partial charge in [-0.1, -0.05) is 30.3 Å². The molecule has 1 aromatic heterocycles. The summed E-state index contributed by atoms with van der Waals surface area (Å²) in [6, 6.07) is 14.8. The zero-order valence-corrected chi connectivity index (χ0v) is 16.0. The molecule has 1 atom stereocenters. The Balaban J connectivity index is 1.65. The van der Waals surface area contributed by atoms with Crippen LogP contribution in [0, 0.1) is 0 Å². The summed E-state index contributed by atoms with van der Waals surface area (Å²) in [5.74, 6) is 0.152. The molecule has 2 aromatic carbocycles. The van der Waals surface area contributed by atoms with Crippen molar-refractivity contribution in [3.8, 4) is 5.75 Å². The number of methoxy groups -OCH3 is 1. The summed E-state index contributed by atoms with van der Waals surface area (Å²) in [7, 11) is 1.59. The van der Waals surface area contributed by atoms with E-state index >= 15 is 0 Å². The molecule has 0 aliphatic carbocycles. The van der Waals surface area contributed by atoms with E-state index in [9.17, 15) is 9.59 Å². The van der Waals surface area contributed by atoms with Gasteiger partial charge in [0, 0.05) is 17.2 Å². The van der Waals surface area contributed by atoms with Gasteiger partial charge in [0.05, 0.1) is 19.6 Å². The second-order valence-electron chi connectivity index (χ2n) is 6.15. The molecule has 140 valence electrons. The predicted molar refractivity (Wildman–Crippen MR) is 106 cm³/mol. The normalized spacial score (nSPS) is 11.8. The van der Waals surface area contributed by atoms with Crippen molar-refractivity contribution in [3.05, 3.63) is 65.0 Å². The molecule has 0 fully saturated rings. The molecule has 1 unspecified atom stereocenters. The molecule has 0 radical (unpaired) electrons. The Bertz CT molecular complexity index is 933. The monoisotopic (exact) mass is 383 g/mol. The average molecular weight is 383 g/mol. The lowest BCUT2D eigenvalue weighted by Crippen LogP contribution is -2.28. The van der Waals surface area contributed by atoms with Gasteiger partial charge >= 0.3 is 5.97 Å². The molecule has 1 heterocycles. The number of carbonyl (C=O) groups is 2. The van der Waals surface area contributed by atoms with Crippen LogP contribution in [0.5, 0.6) is 5.75 Å². The van der Waals surface area contributed by atoms with Crippen molar-refractivity contribution in [2.75, 3.05) is 7.11 Å². The number of nitrogens with one attached hydrogen (secondary N) is 1. The van der Waals surface area contributed by atoms with Crippen LogP contribution < -0.4 is 10.1 Å². The number of amides is 1. The fourth-order valence-electron chi connectivity index (χ4n) is 2.86. The summed E-state index contributed by atoms with van der Waals surface area (Å²) in [6.45, 7) is 1.65. The van der Waals surface area contributed by atoms with Crippen molar-refractivity contribution < 1.29 is 19.1 Å². The molecule has 1 N–H and O–H groups in total. The number of ether oxygens (including phenoxy) is 2. The number of rotatable bonds is 7. The summed E-state index contributed by atoms with van der Waals surface area (Å²) in [6.07, 6.45) is 0.0635. The van der Waals surface area contributed by atoms with E-state index in [0.717, 1.165) is 21.2 Å². The van der Waals surface area contributed by atoms with Gasteiger partial charge in [-0.25, -0.2) is 0 Å². The summed E-state index contributed by atoms with van der Waals surface area (Å²) < 4.78 is 11.8. The minimum absolute atomic E-state index is 0.0635. The molecular weight excluding hydrogens is 362 g/mol. The van der Waals surface area contributed by atoms with Gasteiger partial charge in [0.25, 0.3) is 0 Å². The van der Waals surface area contributed by atoms with Gasteiger partial charge in [-0.2, -0.15) is 0 Å². The van der Waals surface area contributed by atoms with Crippen molar-refractivity contribution in [1.29, 1.82) is 0 Å². The highest BCUT2D eigenvalue weighted by Gasteiger charge is 2.18. The van der Waals surface area contributed by atoms with E-state index in [4.69, 9.17) is 9.47 Å². The van der Waals surface area contributed by atoms with Crippen LogP contribution in [-0.2, 0) is 20.9 Å². The summed E-state index contributed by atoms with van der Waals surface area (Å²) in [5.41, 5.74) is 1.81. The van der Waals surface area contributed by atoms with E-state index < -0.39 is 6.04 Å². The Morgan fingerprint density at radius 2 is 1.85 bits per heavy atom. The van der Waals surface area contributed by atoms with Gasteiger partial charge in [-0.3, -0.25) is 9.59 Å². The van der Waals surface area contributed by atoms with Crippen LogP contribution in [-0.4, -0.2) is 19.0 Å². The maximum Gasteiger partial charge on any atom is 0.308 e. The molecule has 3 aromatic rings. The van der Waals surface area contributed by atoms with E-state index in [1.807, 2.05) is 41.8 Å². The van der Waals surface area contributed by atoms with Gasteiger partial charge < -0.3 is 14.8 Å². The van der Waals surface area contributed by atoms with E-state index in [2.05, 4.69) is 5.32 Å². The second-order valence-corrected chi connectivity index (χ2v) is 7.06. The van der Waals surface area contributed by atoms with Gasteiger partial charge in [0.1, 0.15) is 12.4 Å². The first-order valence-electron chi connectivity index (χ1n) is 8.58. The average Bonchev–Trinajstić information content (AvgIpc) is 3.09. The maximum atomic E-state index is 12.4. The standard InChI is InChI=1S/C21H21NO4S/c1-14(23)22-19(15-7-9-17(25-2)10-8-15)11-21(24)26-12-16-13-27-20-6-4-3-5-18(16)20/h3-10,13,19H,11-12H2,1-2H3,(H,22,23). The lowest BCUT2D eigenvalue weighted by atomic mass is 10.0. The Morgan fingerprint density at radius 1 is 1.11 bits per heavy atom. The molecule has 1 amide bonds. The summed E-state index contributed by atoms with van der Waals surface area (Å²) in [5, 5.41) is 5.92. The summed E-state index contributed by atoms with van der Waals surface area (Å²) >= 11 is 1.63. The SMILES string of the molecule is COc1ccc(C(CC(=O)OCc2csc3ccccc23)NC(C)=O)cc1. The third-order valence-corrected chi connectivity index (χ3v) is 5.23. The lowest BCUT2D eigenvalue weighted by Gasteiger charge is -2.18. The molecule has 5 nitrogen and oxygen atoms in total. The van der Waals surface area contributed by atoms with E-state index in [1.165, 1.54) is 6.92 Å². The molecule has 27 heavy (non-hydrogen) atoms. The molecule has 0 aliphatic rings. The van der Waals surface area contributed by atoms with Crippen LogP contribution in [0.1, 0.15) is 30.5 Å². The quantitative estimate of drug-likeness (QED) is 0.621. The van der Waals surface area contributed by atoms with Gasteiger partial charge in [-0.15, -0.1) is 11.3 Å². The smallest absolute Gasteiger partial charge is 0.308 e. The van der Waals surface area contributed by atoms with Crippen molar-refractivity contribution in [1.82, 2.24) is 5.32 Å². The summed E-state index contributed by atoms with van der Waals surface area (Å²) in [4.78, 5) is 23.9. The Labute approximate surface area is 161 Å². The highest BCUT2D eigenvalue weighted by atomic mass is 32.1. The molecule has 0 saturated carbocycles. The molecular formula is C21H21NO4S. The number of carbonyl (C=O) groups excluding carboxylic acids is 2. The van der Waals surface area contributed by atoms with Crippen LogP contribution in [0.4, 0.5) is 0 Å². The van der Waals surface area contributed by atoms with Crippen LogP contribution in [0.3, 0.4) is 0 Å². The number of hydrogen-bond donors (Lipinski definition) is 1. The number of fused-ring (bicyclic) bond motifs is 1. The number of thiophene rings is 1. The van der Waals surface area contributed by atoms with E-state index in [0.29, 0.717) is 5.75 Å². The third-order valence-electron chi connectivity index (χ3n) is 4.22. The zero-order chi connectivity index (χ0) is 19.2. The van der Waals surface area contributed by atoms with Crippen LogP contribution in [0.2, 0.25) is 0 Å². The van der Waals surface area contributed by atoms with Gasteiger partial charge in [0.2, 0.25) is 5.91 Å². The molecule has 3 rings (SSSR count). The lowest BCUT2D eigenvalue weighted by molar-refractivity contribution is -0.145. The predicted octanol–water partition coefficient (Wildman–Crippen LogP) is 4.22. The topological polar surface area (TPSA) is 64.6 Å². The van der Waals surface area contributed by atoms with Crippen molar-refractivity contribution >= 4 is 33.3 Å². The number of benzene rings is 2. The first-order chi connectivity index (χ1) is 13.1. The Hall–Kier alpha value is -2.86. The largest absolute Gasteiger partial charge is 0.497 e. The highest BCUT2D eigenvalue weighted by Crippen LogP contribution is 2.27. The van der Waals surface area contributed by atoms with Crippen LogP contribution in [0.25, 0.3) is 10.1 Å². The number of hydrogen-bond acceptors (Lipinski definition) is 5. The zero-order valence-electron chi connectivity index (χ0n) is 15.2. The fourth-order valence-corrected chi connectivity index (χ4v) is 3.81. The van der Waals surface area contributed by atoms with E-state index in [1.54, 1.807) is 30.6 Å². The Kier molecular flexibility index (Phi) is 6.08. The number of esters is 1. The molecule has 0 bridgehead atoms. The molecule has 0 spiro atoms. The van der Waals surface area contributed by atoms with Gasteiger partial charge in [0.15, 0.2) is 0 Å². The first-order valence-corrected chi connectivity index (χ1v) is 9.46. The van der Waals surface area contributed by atoms with Crippen molar-refractivity contribution in [3.63, 3.8) is 0 Å². The minimum Gasteiger partial charge on any atom is -0.497 e. The fraction of sp³-hybridized carbons (Fsp3) is 0.238.